The molecule has 0 radical (unpaired) electrons. The van der Waals surface area contributed by atoms with Crippen molar-refractivity contribution >= 4 is 29.5 Å². The molecule has 2 amide bonds. The van der Waals surface area contributed by atoms with Crippen molar-refractivity contribution in [1.29, 1.82) is 0 Å². The summed E-state index contributed by atoms with van der Waals surface area (Å²) >= 11 is 0. The van der Waals surface area contributed by atoms with E-state index in [4.69, 9.17) is 4.74 Å². The molecule has 1 fully saturated rings. The monoisotopic (exact) mass is 451 g/mol. The van der Waals surface area contributed by atoms with E-state index in [0.29, 0.717) is 17.7 Å². The summed E-state index contributed by atoms with van der Waals surface area (Å²) in [5.41, 5.74) is 4.63. The Hall–Kier alpha value is -3.35. The quantitative estimate of drug-likeness (QED) is 0.433. The first-order valence-corrected chi connectivity index (χ1v) is 11.5. The second-order valence-electron chi connectivity index (χ2n) is 8.37. The smallest absolute Gasteiger partial charge is 0.340 e. The number of aromatic nitrogens is 1. The molecule has 1 aliphatic rings. The predicted molar refractivity (Wildman–Crippen MR) is 129 cm³/mol. The van der Waals surface area contributed by atoms with Crippen molar-refractivity contribution in [2.75, 3.05) is 11.9 Å². The Bertz CT molecular complexity index is 1060. The molecule has 0 spiro atoms. The third kappa shape index (κ3) is 5.72. The van der Waals surface area contributed by atoms with Crippen LogP contribution >= 0.6 is 0 Å². The third-order valence-corrected chi connectivity index (χ3v) is 6.01. The topological polar surface area (TPSA) is 89.4 Å². The van der Waals surface area contributed by atoms with Crippen molar-refractivity contribution in [2.24, 2.45) is 5.92 Å². The maximum Gasteiger partial charge on any atom is 0.340 e. The van der Waals surface area contributed by atoms with Crippen LogP contribution in [0.4, 0.5) is 5.69 Å². The molecule has 7 nitrogen and oxygen atoms in total. The molecule has 0 saturated heterocycles. The predicted octanol–water partition coefficient (Wildman–Crippen LogP) is 4.54. The molecule has 7 heteroatoms. The van der Waals surface area contributed by atoms with Crippen LogP contribution in [0.15, 0.2) is 30.3 Å². The van der Waals surface area contributed by atoms with E-state index in [9.17, 15) is 14.4 Å². The summed E-state index contributed by atoms with van der Waals surface area (Å²) in [7, 11) is 0. The van der Waals surface area contributed by atoms with Gasteiger partial charge in [-0.3, -0.25) is 9.59 Å². The fraction of sp³-hybridized carbons (Fsp3) is 0.423. The molecule has 1 saturated carbocycles. The van der Waals surface area contributed by atoms with Gasteiger partial charge in [0.05, 0.1) is 18.2 Å². The zero-order valence-electron chi connectivity index (χ0n) is 20.0. The number of ether oxygens (including phenoxy) is 1. The maximum atomic E-state index is 12.6. The van der Waals surface area contributed by atoms with Crippen molar-refractivity contribution in [3.8, 4) is 0 Å². The lowest BCUT2D eigenvalue weighted by Gasteiger charge is -2.14. The molecule has 1 aromatic heterocycles. The van der Waals surface area contributed by atoms with E-state index < -0.39 is 0 Å². The maximum absolute atomic E-state index is 12.6. The largest absolute Gasteiger partial charge is 0.462 e. The van der Waals surface area contributed by atoms with Gasteiger partial charge in [0.2, 0.25) is 11.8 Å². The molecule has 1 aliphatic carbocycles. The molecular weight excluding hydrogens is 418 g/mol. The first-order valence-electron chi connectivity index (χ1n) is 11.5. The summed E-state index contributed by atoms with van der Waals surface area (Å²) in [5, 5.41) is 5.86. The van der Waals surface area contributed by atoms with E-state index in [1.165, 1.54) is 6.08 Å². The highest BCUT2D eigenvalue weighted by Gasteiger charge is 2.29. The molecular formula is C26H33N3O4. The normalized spacial score (nSPS) is 14.2. The van der Waals surface area contributed by atoms with Gasteiger partial charge in [0, 0.05) is 41.2 Å². The Labute approximate surface area is 195 Å². The number of anilines is 1. The minimum absolute atomic E-state index is 0.0684. The van der Waals surface area contributed by atoms with Crippen LogP contribution in [0, 0.1) is 19.8 Å². The Morgan fingerprint density at radius 2 is 1.79 bits per heavy atom. The summed E-state index contributed by atoms with van der Waals surface area (Å²) in [4.78, 5) is 37.0. The summed E-state index contributed by atoms with van der Waals surface area (Å²) in [6.07, 6.45) is 5.05. The molecule has 33 heavy (non-hydrogen) atoms. The highest BCUT2D eigenvalue weighted by atomic mass is 16.5. The van der Waals surface area contributed by atoms with Gasteiger partial charge in [-0.2, -0.15) is 0 Å². The van der Waals surface area contributed by atoms with Crippen molar-refractivity contribution in [1.82, 2.24) is 9.88 Å². The second-order valence-corrected chi connectivity index (χ2v) is 8.37. The molecule has 1 unspecified atom stereocenters. The van der Waals surface area contributed by atoms with Gasteiger partial charge < -0.3 is 19.9 Å². The summed E-state index contributed by atoms with van der Waals surface area (Å²) in [5.74, 6) is -0.420. The molecule has 0 aliphatic heterocycles. The van der Waals surface area contributed by atoms with E-state index in [0.717, 1.165) is 42.0 Å². The average molecular weight is 452 g/mol. The molecule has 2 aromatic rings. The van der Waals surface area contributed by atoms with Crippen LogP contribution in [0.3, 0.4) is 0 Å². The molecule has 1 atom stereocenters. The van der Waals surface area contributed by atoms with Gasteiger partial charge in [-0.05, 0) is 71.2 Å². The van der Waals surface area contributed by atoms with Gasteiger partial charge in [-0.25, -0.2) is 4.79 Å². The standard InChI is InChI=1S/C26H33N3O4/c1-6-29-17(4)22(24(18(29)5)26(32)33-7-2)14-15-23(30)27-16(3)19-10-12-21(13-11-19)28-25(31)20-8-9-20/h10-16,20H,6-9H2,1-5H3,(H,27,30)(H,28,31)/b15-14+. The highest BCUT2D eigenvalue weighted by molar-refractivity contribution is 5.99. The van der Waals surface area contributed by atoms with Crippen LogP contribution < -0.4 is 10.6 Å². The Morgan fingerprint density at radius 3 is 2.36 bits per heavy atom. The Kier molecular flexibility index (Phi) is 7.74. The SMILES string of the molecule is CCOC(=O)c1c(/C=C/C(=O)NC(C)c2ccc(NC(=O)C3CC3)cc2)c(C)n(CC)c1C. The lowest BCUT2D eigenvalue weighted by Crippen LogP contribution is -2.24. The fourth-order valence-corrected chi connectivity index (χ4v) is 4.00. The van der Waals surface area contributed by atoms with Crippen LogP contribution in [0.25, 0.3) is 6.08 Å². The van der Waals surface area contributed by atoms with Crippen LogP contribution in [-0.2, 0) is 20.9 Å². The third-order valence-electron chi connectivity index (χ3n) is 6.01. The van der Waals surface area contributed by atoms with Crippen LogP contribution in [0.5, 0.6) is 0 Å². The zero-order valence-corrected chi connectivity index (χ0v) is 20.0. The van der Waals surface area contributed by atoms with Gasteiger partial charge >= 0.3 is 5.97 Å². The van der Waals surface area contributed by atoms with E-state index in [1.807, 2.05) is 56.5 Å². The van der Waals surface area contributed by atoms with Gasteiger partial charge in [-0.15, -0.1) is 0 Å². The Balaban J connectivity index is 1.68. The van der Waals surface area contributed by atoms with Gasteiger partial charge in [0.1, 0.15) is 0 Å². The van der Waals surface area contributed by atoms with Crippen LogP contribution in [-0.4, -0.2) is 29.0 Å². The number of carbonyl (C=O) groups is 3. The lowest BCUT2D eigenvalue weighted by atomic mass is 10.1. The van der Waals surface area contributed by atoms with Gasteiger partial charge in [0.15, 0.2) is 0 Å². The molecule has 1 aromatic carbocycles. The number of nitrogens with one attached hydrogen (secondary N) is 2. The fourth-order valence-electron chi connectivity index (χ4n) is 4.00. The number of nitrogens with zero attached hydrogens (tertiary/aromatic N) is 1. The summed E-state index contributed by atoms with van der Waals surface area (Å²) in [6, 6.07) is 7.26. The van der Waals surface area contributed by atoms with Crippen molar-refractivity contribution in [3.05, 3.63) is 58.4 Å². The molecule has 176 valence electrons. The van der Waals surface area contributed by atoms with Crippen molar-refractivity contribution in [2.45, 2.75) is 60.0 Å². The Morgan fingerprint density at radius 1 is 1.12 bits per heavy atom. The van der Waals surface area contributed by atoms with Crippen LogP contribution in [0.2, 0.25) is 0 Å². The molecule has 2 N–H and O–H groups in total. The summed E-state index contributed by atoms with van der Waals surface area (Å²) in [6.45, 7) is 10.5. The van der Waals surface area contributed by atoms with E-state index in [-0.39, 0.29) is 29.7 Å². The van der Waals surface area contributed by atoms with Gasteiger partial charge in [0.25, 0.3) is 0 Å². The number of esters is 1. The average Bonchev–Trinajstić information content (AvgIpc) is 3.59. The minimum atomic E-state index is -0.382. The van der Waals surface area contributed by atoms with Crippen LogP contribution in [0.1, 0.15) is 72.5 Å². The van der Waals surface area contributed by atoms with E-state index in [1.54, 1.807) is 13.0 Å². The minimum Gasteiger partial charge on any atom is -0.462 e. The van der Waals surface area contributed by atoms with E-state index in [2.05, 4.69) is 10.6 Å². The van der Waals surface area contributed by atoms with Gasteiger partial charge in [-0.1, -0.05) is 12.1 Å². The van der Waals surface area contributed by atoms with Crippen molar-refractivity contribution < 1.29 is 19.1 Å². The first-order chi connectivity index (χ1) is 15.8. The second kappa shape index (κ2) is 10.5. The number of hydrogen-bond acceptors (Lipinski definition) is 4. The number of rotatable bonds is 9. The summed E-state index contributed by atoms with van der Waals surface area (Å²) < 4.78 is 7.27. The number of benzene rings is 1. The zero-order chi connectivity index (χ0) is 24.1. The number of carbonyl (C=O) groups excluding carboxylic acids is 3. The molecule has 0 bridgehead atoms. The van der Waals surface area contributed by atoms with Crippen molar-refractivity contribution in [3.63, 3.8) is 0 Å². The van der Waals surface area contributed by atoms with E-state index >= 15 is 0 Å². The molecule has 3 rings (SSSR count). The lowest BCUT2D eigenvalue weighted by molar-refractivity contribution is -0.118. The number of amides is 2. The number of hydrogen-bond donors (Lipinski definition) is 2. The first kappa shape index (κ1) is 24.3. The molecule has 1 heterocycles. The highest BCUT2D eigenvalue weighted by Crippen LogP contribution is 2.30.